The largest absolute Gasteiger partial charge is 0.481 e. The van der Waals surface area contributed by atoms with Crippen LogP contribution in [0.5, 0.6) is 0 Å². The number of amides is 2. The van der Waals surface area contributed by atoms with Crippen LogP contribution in [0.2, 0.25) is 0 Å². The maximum absolute atomic E-state index is 12.0. The van der Waals surface area contributed by atoms with E-state index in [1.54, 1.807) is 4.90 Å². The lowest BCUT2D eigenvalue weighted by Gasteiger charge is -2.28. The number of rotatable bonds is 8. The molecule has 0 aromatic carbocycles. The molecule has 0 rings (SSSR count). The SMILES string of the molecule is CCCC(C)NC(=O)N(CCCC(=O)O)C(C)C. The molecule has 2 N–H and O–H groups in total. The molecular formula is C13H26N2O3. The lowest BCUT2D eigenvalue weighted by Crippen LogP contribution is -2.47. The number of carboxylic acids is 1. The van der Waals surface area contributed by atoms with E-state index in [4.69, 9.17) is 5.11 Å². The summed E-state index contributed by atoms with van der Waals surface area (Å²) in [5, 5.41) is 11.5. The Balaban J connectivity index is 4.23. The molecule has 0 heterocycles. The summed E-state index contributed by atoms with van der Waals surface area (Å²) in [4.78, 5) is 24.2. The van der Waals surface area contributed by atoms with E-state index in [-0.39, 0.29) is 24.5 Å². The molecule has 0 aliphatic rings. The second-order valence-electron chi connectivity index (χ2n) is 4.92. The van der Waals surface area contributed by atoms with Crippen LogP contribution in [0.25, 0.3) is 0 Å². The van der Waals surface area contributed by atoms with E-state index in [2.05, 4.69) is 12.2 Å². The second-order valence-corrected chi connectivity index (χ2v) is 4.92. The van der Waals surface area contributed by atoms with Gasteiger partial charge in [-0.1, -0.05) is 13.3 Å². The third-order valence-electron chi connectivity index (χ3n) is 2.77. The minimum Gasteiger partial charge on any atom is -0.481 e. The normalized spacial score (nSPS) is 12.3. The van der Waals surface area contributed by atoms with Crippen molar-refractivity contribution >= 4 is 12.0 Å². The Morgan fingerprint density at radius 2 is 1.89 bits per heavy atom. The van der Waals surface area contributed by atoms with Crippen LogP contribution in [-0.2, 0) is 4.79 Å². The Morgan fingerprint density at radius 3 is 2.33 bits per heavy atom. The molecule has 106 valence electrons. The van der Waals surface area contributed by atoms with Gasteiger partial charge in [-0.3, -0.25) is 4.79 Å². The number of nitrogens with zero attached hydrogens (tertiary/aromatic N) is 1. The van der Waals surface area contributed by atoms with Crippen LogP contribution in [0, 0.1) is 0 Å². The molecule has 18 heavy (non-hydrogen) atoms. The Hall–Kier alpha value is -1.26. The minimum atomic E-state index is -0.821. The van der Waals surface area contributed by atoms with Crippen molar-refractivity contribution in [2.45, 2.75) is 65.5 Å². The highest BCUT2D eigenvalue weighted by atomic mass is 16.4. The molecule has 0 aliphatic heterocycles. The second kappa shape index (κ2) is 8.78. The van der Waals surface area contributed by atoms with Crippen LogP contribution in [0.3, 0.4) is 0 Å². The third-order valence-corrected chi connectivity index (χ3v) is 2.77. The summed E-state index contributed by atoms with van der Waals surface area (Å²) >= 11 is 0. The summed E-state index contributed by atoms with van der Waals surface area (Å²) < 4.78 is 0. The lowest BCUT2D eigenvalue weighted by molar-refractivity contribution is -0.137. The van der Waals surface area contributed by atoms with Crippen LogP contribution in [0.1, 0.15) is 53.4 Å². The van der Waals surface area contributed by atoms with Crippen molar-refractivity contribution in [3.05, 3.63) is 0 Å². The lowest BCUT2D eigenvalue weighted by atomic mass is 10.2. The zero-order chi connectivity index (χ0) is 14.1. The first-order chi connectivity index (χ1) is 8.38. The van der Waals surface area contributed by atoms with Crippen molar-refractivity contribution in [2.75, 3.05) is 6.54 Å². The molecule has 5 nitrogen and oxygen atoms in total. The molecule has 2 amide bonds. The highest BCUT2D eigenvalue weighted by Gasteiger charge is 2.18. The summed E-state index contributed by atoms with van der Waals surface area (Å²) in [6.07, 6.45) is 2.57. The highest BCUT2D eigenvalue weighted by molar-refractivity contribution is 5.74. The Bertz CT molecular complexity index is 267. The van der Waals surface area contributed by atoms with E-state index in [1.165, 1.54) is 0 Å². The van der Waals surface area contributed by atoms with E-state index in [9.17, 15) is 9.59 Å². The number of carbonyl (C=O) groups excluding carboxylic acids is 1. The van der Waals surface area contributed by atoms with Gasteiger partial charge >= 0.3 is 12.0 Å². The van der Waals surface area contributed by atoms with E-state index < -0.39 is 5.97 Å². The molecular weight excluding hydrogens is 232 g/mol. The molecule has 0 aromatic heterocycles. The minimum absolute atomic E-state index is 0.0765. The van der Waals surface area contributed by atoms with Crippen LogP contribution in [0.15, 0.2) is 0 Å². The predicted molar refractivity (Wildman–Crippen MR) is 71.6 cm³/mol. The number of aliphatic carboxylic acids is 1. The molecule has 5 heteroatoms. The Labute approximate surface area is 110 Å². The molecule has 0 spiro atoms. The van der Waals surface area contributed by atoms with E-state index in [0.29, 0.717) is 13.0 Å². The van der Waals surface area contributed by atoms with Crippen LogP contribution in [0.4, 0.5) is 4.79 Å². The maximum atomic E-state index is 12.0. The molecule has 1 unspecified atom stereocenters. The first kappa shape index (κ1) is 16.7. The smallest absolute Gasteiger partial charge is 0.317 e. The van der Waals surface area contributed by atoms with Crippen molar-refractivity contribution in [3.8, 4) is 0 Å². The Morgan fingerprint density at radius 1 is 1.28 bits per heavy atom. The molecule has 0 fully saturated rings. The van der Waals surface area contributed by atoms with Crippen molar-refractivity contribution in [1.82, 2.24) is 10.2 Å². The standard InChI is InChI=1S/C13H26N2O3/c1-5-7-11(4)14-13(18)15(10(2)3)9-6-8-12(16)17/h10-11H,5-9H2,1-4H3,(H,14,18)(H,16,17). The van der Waals surface area contributed by atoms with E-state index in [1.807, 2.05) is 20.8 Å². The summed E-state index contributed by atoms with van der Waals surface area (Å²) in [5.74, 6) is -0.821. The topological polar surface area (TPSA) is 69.6 Å². The third kappa shape index (κ3) is 7.14. The van der Waals surface area contributed by atoms with Gasteiger partial charge in [-0.05, 0) is 33.6 Å². The van der Waals surface area contributed by atoms with Gasteiger partial charge in [-0.15, -0.1) is 0 Å². The van der Waals surface area contributed by atoms with Crippen molar-refractivity contribution in [1.29, 1.82) is 0 Å². The quantitative estimate of drug-likeness (QED) is 0.702. The van der Waals surface area contributed by atoms with Gasteiger partial charge in [0.25, 0.3) is 0 Å². The van der Waals surface area contributed by atoms with Crippen molar-refractivity contribution in [2.24, 2.45) is 0 Å². The van der Waals surface area contributed by atoms with Gasteiger partial charge in [0.05, 0.1) is 0 Å². The first-order valence-corrected chi connectivity index (χ1v) is 6.67. The van der Waals surface area contributed by atoms with Gasteiger partial charge in [-0.2, -0.15) is 0 Å². The zero-order valence-electron chi connectivity index (χ0n) is 11.9. The fourth-order valence-corrected chi connectivity index (χ4v) is 1.79. The van der Waals surface area contributed by atoms with Crippen LogP contribution < -0.4 is 5.32 Å². The van der Waals surface area contributed by atoms with Gasteiger partial charge in [0, 0.05) is 25.0 Å². The summed E-state index contributed by atoms with van der Waals surface area (Å²) in [6, 6.07) is 0.132. The summed E-state index contributed by atoms with van der Waals surface area (Å²) in [6.45, 7) is 8.41. The molecule has 0 aromatic rings. The maximum Gasteiger partial charge on any atom is 0.317 e. The van der Waals surface area contributed by atoms with Crippen LogP contribution in [-0.4, -0.2) is 40.6 Å². The molecule has 0 bridgehead atoms. The predicted octanol–water partition coefficient (Wildman–Crippen LogP) is 2.46. The summed E-state index contributed by atoms with van der Waals surface area (Å²) in [5.41, 5.74) is 0. The summed E-state index contributed by atoms with van der Waals surface area (Å²) in [7, 11) is 0. The molecule has 0 aliphatic carbocycles. The molecule has 0 saturated heterocycles. The van der Waals surface area contributed by atoms with Gasteiger partial charge in [0.15, 0.2) is 0 Å². The number of carbonyl (C=O) groups is 2. The highest BCUT2D eigenvalue weighted by Crippen LogP contribution is 2.04. The molecule has 0 saturated carbocycles. The first-order valence-electron chi connectivity index (χ1n) is 6.67. The van der Waals surface area contributed by atoms with Crippen molar-refractivity contribution in [3.63, 3.8) is 0 Å². The number of urea groups is 1. The fourth-order valence-electron chi connectivity index (χ4n) is 1.79. The number of nitrogens with one attached hydrogen (secondary N) is 1. The van der Waals surface area contributed by atoms with Gasteiger partial charge in [-0.25, -0.2) is 4.79 Å². The van der Waals surface area contributed by atoms with Gasteiger partial charge in [0.2, 0.25) is 0 Å². The monoisotopic (exact) mass is 258 g/mol. The Kier molecular flexibility index (Phi) is 8.16. The van der Waals surface area contributed by atoms with Gasteiger partial charge < -0.3 is 15.3 Å². The number of hydrogen-bond donors (Lipinski definition) is 2. The van der Waals surface area contributed by atoms with E-state index >= 15 is 0 Å². The molecule has 0 radical (unpaired) electrons. The fraction of sp³-hybridized carbons (Fsp3) is 0.846. The molecule has 1 atom stereocenters. The zero-order valence-corrected chi connectivity index (χ0v) is 11.9. The van der Waals surface area contributed by atoms with Gasteiger partial charge in [0.1, 0.15) is 0 Å². The van der Waals surface area contributed by atoms with Crippen LogP contribution >= 0.6 is 0 Å². The average molecular weight is 258 g/mol. The van der Waals surface area contributed by atoms with E-state index in [0.717, 1.165) is 12.8 Å². The number of carboxylic acid groups (broad SMARTS) is 1. The average Bonchev–Trinajstić information content (AvgIpc) is 2.23. The van der Waals surface area contributed by atoms with Crippen molar-refractivity contribution < 1.29 is 14.7 Å². The number of hydrogen-bond acceptors (Lipinski definition) is 2.